The van der Waals surface area contributed by atoms with Crippen LogP contribution in [-0.2, 0) is 25.5 Å². The summed E-state index contributed by atoms with van der Waals surface area (Å²) in [7, 11) is 0. The number of nitrogens with one attached hydrogen (secondary N) is 1. The minimum Gasteiger partial charge on any atom is -0.466 e. The van der Waals surface area contributed by atoms with Gasteiger partial charge in [-0.2, -0.15) is 0 Å². The van der Waals surface area contributed by atoms with Crippen LogP contribution in [-0.4, -0.2) is 47.9 Å². The Morgan fingerprint density at radius 3 is 2.48 bits per heavy atom. The summed E-state index contributed by atoms with van der Waals surface area (Å²) in [6.07, 6.45) is 4.41. The van der Waals surface area contributed by atoms with Crippen LogP contribution in [0.15, 0.2) is 24.3 Å². The van der Waals surface area contributed by atoms with E-state index in [1.165, 1.54) is 11.1 Å². The van der Waals surface area contributed by atoms with Crippen molar-refractivity contribution in [1.29, 1.82) is 0 Å². The van der Waals surface area contributed by atoms with Crippen molar-refractivity contribution in [2.75, 3.05) is 19.7 Å². The smallest absolute Gasteiger partial charge is 0.309 e. The molecule has 1 atom stereocenters. The summed E-state index contributed by atoms with van der Waals surface area (Å²) in [4.78, 5) is 38.5. The van der Waals surface area contributed by atoms with E-state index in [2.05, 4.69) is 36.5 Å². The quantitative estimate of drug-likeness (QED) is 0.714. The van der Waals surface area contributed by atoms with Gasteiger partial charge in [0.2, 0.25) is 11.8 Å². The van der Waals surface area contributed by atoms with Crippen LogP contribution in [0.3, 0.4) is 0 Å². The van der Waals surface area contributed by atoms with E-state index in [4.69, 9.17) is 4.74 Å². The van der Waals surface area contributed by atoms with Crippen molar-refractivity contribution >= 4 is 17.8 Å². The molecule has 0 radical (unpaired) electrons. The van der Waals surface area contributed by atoms with Crippen LogP contribution in [0.4, 0.5) is 0 Å². The van der Waals surface area contributed by atoms with Crippen molar-refractivity contribution in [3.63, 3.8) is 0 Å². The summed E-state index contributed by atoms with van der Waals surface area (Å²) < 4.78 is 5.10. The fourth-order valence-corrected chi connectivity index (χ4v) is 4.41. The van der Waals surface area contributed by atoms with Crippen molar-refractivity contribution in [1.82, 2.24) is 10.2 Å². The van der Waals surface area contributed by atoms with Gasteiger partial charge in [-0.25, -0.2) is 0 Å². The fraction of sp³-hybridized carbons (Fsp3) is 0.609. The van der Waals surface area contributed by atoms with E-state index < -0.39 is 0 Å². The van der Waals surface area contributed by atoms with Crippen molar-refractivity contribution in [3.05, 3.63) is 35.4 Å². The maximum atomic E-state index is 12.8. The summed E-state index contributed by atoms with van der Waals surface area (Å²) in [5.74, 6) is -0.0668. The summed E-state index contributed by atoms with van der Waals surface area (Å²) in [6, 6.07) is 8.37. The summed E-state index contributed by atoms with van der Waals surface area (Å²) in [6.45, 7) is 5.46. The van der Waals surface area contributed by atoms with Gasteiger partial charge in [-0.15, -0.1) is 0 Å². The second kappa shape index (κ2) is 9.42. The fourth-order valence-electron chi connectivity index (χ4n) is 4.41. The van der Waals surface area contributed by atoms with E-state index in [1.807, 2.05) is 11.8 Å². The zero-order valence-corrected chi connectivity index (χ0v) is 17.5. The molecule has 0 aliphatic carbocycles. The molecule has 2 aliphatic heterocycles. The van der Waals surface area contributed by atoms with E-state index in [0.29, 0.717) is 51.8 Å². The number of ether oxygens (including phenoxy) is 1. The maximum absolute atomic E-state index is 12.8. The van der Waals surface area contributed by atoms with Crippen LogP contribution in [0, 0.1) is 12.8 Å². The lowest BCUT2D eigenvalue weighted by atomic mass is 9.84. The van der Waals surface area contributed by atoms with E-state index in [9.17, 15) is 14.4 Å². The standard InChI is InChI=1S/C23H32N2O4/c1-3-29-22(28)19-10-14-25(15-11-19)21(27)9-13-23(12-8-20(26)24-23)16-18-6-4-17(2)5-7-18/h4-7,19H,3,8-16H2,1-2H3,(H,24,26). The number of esters is 1. The molecular weight excluding hydrogens is 368 g/mol. The van der Waals surface area contributed by atoms with Crippen LogP contribution in [0.1, 0.15) is 56.6 Å². The van der Waals surface area contributed by atoms with Gasteiger partial charge in [0.1, 0.15) is 0 Å². The average molecular weight is 401 g/mol. The van der Waals surface area contributed by atoms with E-state index >= 15 is 0 Å². The van der Waals surface area contributed by atoms with Crippen LogP contribution < -0.4 is 5.32 Å². The van der Waals surface area contributed by atoms with E-state index in [0.717, 1.165) is 12.8 Å². The third kappa shape index (κ3) is 5.58. The number of amides is 2. The van der Waals surface area contributed by atoms with Gasteiger partial charge in [0, 0.05) is 31.5 Å². The average Bonchev–Trinajstić information content (AvgIpc) is 3.09. The third-order valence-corrected chi connectivity index (χ3v) is 6.18. The van der Waals surface area contributed by atoms with E-state index in [1.54, 1.807) is 0 Å². The van der Waals surface area contributed by atoms with Gasteiger partial charge in [0.25, 0.3) is 0 Å². The van der Waals surface area contributed by atoms with Crippen LogP contribution in [0.25, 0.3) is 0 Å². The molecule has 0 bridgehead atoms. The molecule has 6 nitrogen and oxygen atoms in total. The first-order valence-electron chi connectivity index (χ1n) is 10.7. The Labute approximate surface area is 173 Å². The van der Waals surface area contributed by atoms with Crippen LogP contribution in [0.2, 0.25) is 0 Å². The summed E-state index contributed by atoms with van der Waals surface area (Å²) >= 11 is 0. The highest BCUT2D eigenvalue weighted by atomic mass is 16.5. The molecular formula is C23H32N2O4. The predicted molar refractivity (Wildman–Crippen MR) is 110 cm³/mol. The highest BCUT2D eigenvalue weighted by Crippen LogP contribution is 2.30. The molecule has 1 N–H and O–H groups in total. The zero-order valence-electron chi connectivity index (χ0n) is 17.5. The Balaban J connectivity index is 1.54. The van der Waals surface area contributed by atoms with Gasteiger partial charge in [-0.3, -0.25) is 14.4 Å². The molecule has 1 aromatic carbocycles. The molecule has 2 aliphatic rings. The summed E-state index contributed by atoms with van der Waals surface area (Å²) in [5.41, 5.74) is 2.05. The van der Waals surface area contributed by atoms with Gasteiger partial charge in [-0.1, -0.05) is 29.8 Å². The Kier molecular flexibility index (Phi) is 6.93. The number of benzene rings is 1. The second-order valence-corrected chi connectivity index (χ2v) is 8.40. The molecule has 2 amide bonds. The molecule has 2 fully saturated rings. The molecule has 2 saturated heterocycles. The van der Waals surface area contributed by atoms with E-state index in [-0.39, 0.29) is 29.2 Å². The van der Waals surface area contributed by atoms with Gasteiger partial charge in [-0.05, 0) is 51.5 Å². The normalized spacial score (nSPS) is 22.4. The molecule has 0 saturated carbocycles. The molecule has 0 aromatic heterocycles. The topological polar surface area (TPSA) is 75.7 Å². The molecule has 3 rings (SSSR count). The lowest BCUT2D eigenvalue weighted by Crippen LogP contribution is -2.46. The predicted octanol–water partition coefficient (Wildman–Crippen LogP) is 2.77. The number of piperidine rings is 1. The Morgan fingerprint density at radius 2 is 1.90 bits per heavy atom. The first kappa shape index (κ1) is 21.3. The maximum Gasteiger partial charge on any atom is 0.309 e. The molecule has 1 aromatic rings. The van der Waals surface area contributed by atoms with Gasteiger partial charge in [0.15, 0.2) is 0 Å². The highest BCUT2D eigenvalue weighted by Gasteiger charge is 2.38. The molecule has 2 heterocycles. The monoisotopic (exact) mass is 400 g/mol. The number of carbonyl (C=O) groups excluding carboxylic acids is 3. The lowest BCUT2D eigenvalue weighted by molar-refractivity contribution is -0.151. The van der Waals surface area contributed by atoms with Crippen molar-refractivity contribution in [2.45, 2.75) is 64.3 Å². The highest BCUT2D eigenvalue weighted by molar-refractivity contribution is 5.80. The lowest BCUT2D eigenvalue weighted by Gasteiger charge is -2.33. The number of aryl methyl sites for hydroxylation is 1. The minimum absolute atomic E-state index is 0.0693. The van der Waals surface area contributed by atoms with Crippen molar-refractivity contribution in [2.24, 2.45) is 5.92 Å². The number of hydrogen-bond donors (Lipinski definition) is 1. The first-order valence-corrected chi connectivity index (χ1v) is 10.7. The third-order valence-electron chi connectivity index (χ3n) is 6.18. The first-order chi connectivity index (χ1) is 13.9. The number of carbonyl (C=O) groups is 3. The SMILES string of the molecule is CCOC(=O)C1CCN(C(=O)CCC2(Cc3ccc(C)cc3)CCC(=O)N2)CC1. The van der Waals surface area contributed by atoms with Gasteiger partial charge < -0.3 is 15.0 Å². The van der Waals surface area contributed by atoms with Crippen LogP contribution >= 0.6 is 0 Å². The van der Waals surface area contributed by atoms with Crippen LogP contribution in [0.5, 0.6) is 0 Å². The molecule has 0 spiro atoms. The summed E-state index contributed by atoms with van der Waals surface area (Å²) in [5, 5.41) is 3.15. The van der Waals surface area contributed by atoms with Gasteiger partial charge >= 0.3 is 5.97 Å². The largest absolute Gasteiger partial charge is 0.466 e. The molecule has 29 heavy (non-hydrogen) atoms. The number of nitrogens with zero attached hydrogens (tertiary/aromatic N) is 1. The van der Waals surface area contributed by atoms with Crippen molar-refractivity contribution in [3.8, 4) is 0 Å². The Morgan fingerprint density at radius 1 is 1.21 bits per heavy atom. The molecule has 1 unspecified atom stereocenters. The second-order valence-electron chi connectivity index (χ2n) is 8.40. The van der Waals surface area contributed by atoms with Crippen molar-refractivity contribution < 1.29 is 19.1 Å². The minimum atomic E-state index is -0.342. The molecule has 6 heteroatoms. The van der Waals surface area contributed by atoms with Gasteiger partial charge in [0.05, 0.1) is 12.5 Å². The number of rotatable bonds is 7. The molecule has 158 valence electrons. The Bertz CT molecular complexity index is 738. The number of likely N-dealkylation sites (tertiary alicyclic amines) is 1. The Hall–Kier alpha value is -2.37. The zero-order chi connectivity index (χ0) is 20.9. The number of hydrogen-bond acceptors (Lipinski definition) is 4.